The number of pyridine rings is 2. The Bertz CT molecular complexity index is 1930. The van der Waals surface area contributed by atoms with E-state index in [1.807, 2.05) is 12.1 Å². The van der Waals surface area contributed by atoms with Crippen LogP contribution in [0.25, 0.3) is 33.6 Å². The lowest BCUT2D eigenvalue weighted by atomic mass is 9.87. The molecule has 3 aromatic carbocycles. The minimum absolute atomic E-state index is 0.0261. The molecule has 1 spiro atoms. The fourth-order valence-corrected chi connectivity index (χ4v) is 7.22. The fourth-order valence-electron chi connectivity index (χ4n) is 7.22. The van der Waals surface area contributed by atoms with E-state index < -0.39 is 5.54 Å². The Balaban J connectivity index is 1.49. The maximum absolute atomic E-state index is 10.3. The van der Waals surface area contributed by atoms with Gasteiger partial charge in [0.15, 0.2) is 12.4 Å². The van der Waals surface area contributed by atoms with Crippen molar-refractivity contribution in [3.8, 4) is 45.8 Å². The second-order valence-corrected chi connectivity index (χ2v) is 10.5. The molecule has 0 amide bonds. The molecule has 8 rings (SSSR count). The number of benzene rings is 3. The van der Waals surface area contributed by atoms with Crippen molar-refractivity contribution in [2.75, 3.05) is 0 Å². The van der Waals surface area contributed by atoms with Gasteiger partial charge in [0.2, 0.25) is 17.4 Å². The summed E-state index contributed by atoms with van der Waals surface area (Å²) in [4.78, 5) is 0. The monoisotopic (exact) mass is 486 g/mol. The zero-order chi connectivity index (χ0) is 25.6. The van der Waals surface area contributed by atoms with Gasteiger partial charge in [0, 0.05) is 34.4 Å². The third-order valence-corrected chi connectivity index (χ3v) is 8.70. The van der Waals surface area contributed by atoms with Crippen LogP contribution in [-0.4, -0.2) is 0 Å². The molecule has 1 aliphatic carbocycles. The predicted octanol–water partition coefficient (Wildman–Crippen LogP) is 5.72. The lowest BCUT2D eigenvalue weighted by molar-refractivity contribution is -0.771. The molecule has 4 heterocycles. The van der Waals surface area contributed by atoms with Gasteiger partial charge in [-0.15, -0.1) is 0 Å². The summed E-state index contributed by atoms with van der Waals surface area (Å²) in [5.41, 5.74) is 11.0. The Labute approximate surface area is 220 Å². The second-order valence-electron chi connectivity index (χ2n) is 10.5. The molecule has 2 aromatic heterocycles. The SMILES string of the molecule is Cc1ccc2[n+](c1)C1C(c3c(C#N)ccc(C#N)c3-2)C12c1ccccc1-c1ccc(-c3ccccc3)c[n+]12. The van der Waals surface area contributed by atoms with Crippen molar-refractivity contribution in [2.45, 2.75) is 24.4 Å². The molecule has 0 radical (unpaired) electrons. The molecule has 0 saturated heterocycles. The number of nitrogens with zero attached hydrogens (tertiary/aromatic N) is 4. The van der Waals surface area contributed by atoms with E-state index in [-0.39, 0.29) is 12.0 Å². The summed E-state index contributed by atoms with van der Waals surface area (Å²) in [6.07, 6.45) is 4.51. The van der Waals surface area contributed by atoms with Gasteiger partial charge in [-0.2, -0.15) is 19.7 Å². The molecule has 3 atom stereocenters. The topological polar surface area (TPSA) is 55.3 Å². The van der Waals surface area contributed by atoms with Crippen LogP contribution in [0.5, 0.6) is 0 Å². The second kappa shape index (κ2) is 7.25. The van der Waals surface area contributed by atoms with Gasteiger partial charge in [0.25, 0.3) is 5.54 Å². The first kappa shape index (κ1) is 21.1. The van der Waals surface area contributed by atoms with Gasteiger partial charge in [-0.1, -0.05) is 48.5 Å². The van der Waals surface area contributed by atoms with E-state index in [1.54, 1.807) is 6.07 Å². The molecule has 3 aliphatic rings. The Morgan fingerprint density at radius 3 is 2.26 bits per heavy atom. The van der Waals surface area contributed by atoms with Crippen molar-refractivity contribution in [1.82, 2.24) is 0 Å². The van der Waals surface area contributed by atoms with Crippen LogP contribution < -0.4 is 9.13 Å². The minimum atomic E-state index is -0.394. The normalized spacial score (nSPS) is 20.8. The van der Waals surface area contributed by atoms with E-state index >= 15 is 0 Å². The molecule has 38 heavy (non-hydrogen) atoms. The van der Waals surface area contributed by atoms with E-state index in [0.29, 0.717) is 11.1 Å². The van der Waals surface area contributed by atoms with E-state index in [9.17, 15) is 10.5 Å². The first-order chi connectivity index (χ1) is 18.7. The summed E-state index contributed by atoms with van der Waals surface area (Å²) in [6, 6.07) is 36.4. The van der Waals surface area contributed by atoms with Gasteiger partial charge in [-0.05, 0) is 42.8 Å². The van der Waals surface area contributed by atoms with Crippen LogP contribution in [0.1, 0.15) is 39.8 Å². The number of hydrogen-bond donors (Lipinski definition) is 0. The average molecular weight is 487 g/mol. The summed E-state index contributed by atoms with van der Waals surface area (Å²) in [6.45, 7) is 2.11. The van der Waals surface area contributed by atoms with Crippen LogP contribution >= 0.6 is 0 Å². The van der Waals surface area contributed by atoms with Crippen LogP contribution in [0.3, 0.4) is 0 Å². The molecule has 4 heteroatoms. The third kappa shape index (κ3) is 2.43. The van der Waals surface area contributed by atoms with Gasteiger partial charge >= 0.3 is 0 Å². The van der Waals surface area contributed by atoms with Crippen molar-refractivity contribution >= 4 is 0 Å². The number of aryl methyl sites for hydroxylation is 1. The average Bonchev–Trinajstić information content (AvgIpc) is 3.59. The van der Waals surface area contributed by atoms with Crippen LogP contribution in [-0.2, 0) is 5.54 Å². The number of hydrogen-bond acceptors (Lipinski definition) is 2. The molecule has 0 bridgehead atoms. The smallest absolute Gasteiger partial charge is 0.192 e. The molecule has 1 saturated carbocycles. The van der Waals surface area contributed by atoms with Gasteiger partial charge in [0.05, 0.1) is 28.3 Å². The zero-order valence-electron chi connectivity index (χ0n) is 20.8. The largest absolute Gasteiger partial charge is 0.269 e. The van der Waals surface area contributed by atoms with Crippen molar-refractivity contribution in [3.05, 3.63) is 131 Å². The van der Waals surface area contributed by atoms with E-state index in [0.717, 1.165) is 22.4 Å². The highest BCUT2D eigenvalue weighted by Gasteiger charge is 2.86. The van der Waals surface area contributed by atoms with Gasteiger partial charge in [0.1, 0.15) is 12.0 Å². The summed E-state index contributed by atoms with van der Waals surface area (Å²) in [5.74, 6) is 0.0261. The van der Waals surface area contributed by atoms with Crippen molar-refractivity contribution in [3.63, 3.8) is 0 Å². The van der Waals surface area contributed by atoms with Gasteiger partial charge in [-0.3, -0.25) is 0 Å². The fraction of sp³-hybridized carbons (Fsp3) is 0.118. The Hall–Kier alpha value is -5.06. The Kier molecular flexibility index (Phi) is 4.02. The zero-order valence-corrected chi connectivity index (χ0v) is 20.8. The van der Waals surface area contributed by atoms with Gasteiger partial charge < -0.3 is 0 Å². The Morgan fingerprint density at radius 2 is 1.45 bits per heavy atom. The summed E-state index contributed by atoms with van der Waals surface area (Å²) in [5, 5.41) is 20.4. The number of nitriles is 2. The van der Waals surface area contributed by atoms with E-state index in [2.05, 4.69) is 113 Å². The minimum Gasteiger partial charge on any atom is -0.192 e. The predicted molar refractivity (Wildman–Crippen MR) is 143 cm³/mol. The number of aromatic nitrogens is 2. The highest BCUT2D eigenvalue weighted by molar-refractivity contribution is 5.79. The summed E-state index contributed by atoms with van der Waals surface area (Å²) >= 11 is 0. The number of rotatable bonds is 1. The molecular weight excluding hydrogens is 464 g/mol. The summed E-state index contributed by atoms with van der Waals surface area (Å²) in [7, 11) is 0. The first-order valence-corrected chi connectivity index (χ1v) is 12.9. The quantitative estimate of drug-likeness (QED) is 0.285. The Morgan fingerprint density at radius 1 is 0.711 bits per heavy atom. The maximum Gasteiger partial charge on any atom is 0.269 e. The van der Waals surface area contributed by atoms with Crippen molar-refractivity contribution in [1.29, 1.82) is 10.5 Å². The maximum atomic E-state index is 10.3. The molecule has 1 fully saturated rings. The van der Waals surface area contributed by atoms with Crippen molar-refractivity contribution in [2.24, 2.45) is 0 Å². The van der Waals surface area contributed by atoms with Crippen LogP contribution in [0.15, 0.2) is 103 Å². The van der Waals surface area contributed by atoms with E-state index in [1.165, 1.54) is 27.9 Å². The first-order valence-electron chi connectivity index (χ1n) is 12.9. The lowest BCUT2D eigenvalue weighted by Gasteiger charge is -2.15. The summed E-state index contributed by atoms with van der Waals surface area (Å²) < 4.78 is 4.84. The lowest BCUT2D eigenvalue weighted by Crippen LogP contribution is -2.51. The molecule has 176 valence electrons. The van der Waals surface area contributed by atoms with Crippen LogP contribution in [0.2, 0.25) is 0 Å². The van der Waals surface area contributed by atoms with Crippen LogP contribution in [0, 0.1) is 29.6 Å². The molecule has 4 nitrogen and oxygen atoms in total. The molecular formula is C34H22N4+2. The molecule has 0 N–H and O–H groups in total. The van der Waals surface area contributed by atoms with Gasteiger partial charge in [-0.25, -0.2) is 0 Å². The van der Waals surface area contributed by atoms with Crippen LogP contribution in [0.4, 0.5) is 0 Å². The molecule has 5 aromatic rings. The van der Waals surface area contributed by atoms with E-state index in [4.69, 9.17) is 0 Å². The highest BCUT2D eigenvalue weighted by Crippen LogP contribution is 2.71. The highest BCUT2D eigenvalue weighted by atomic mass is 15.3. The standard InChI is InChI=1S/C34H22N4/c1-21-11-15-29-30-23(17-35)12-13-24(18-36)31(30)32-33(37(29)19-21)34(32)27-10-6-5-9-26(27)28-16-14-25(20-38(28)34)22-7-3-2-4-8-22/h2-16,19-20,32-33H,1H3/q+2. The molecule has 3 unspecified atom stereocenters. The third-order valence-electron chi connectivity index (χ3n) is 8.70. The number of fused-ring (bicyclic) bond motifs is 13. The molecule has 2 aliphatic heterocycles. The van der Waals surface area contributed by atoms with Crippen molar-refractivity contribution < 1.29 is 9.13 Å².